The van der Waals surface area contributed by atoms with Crippen molar-refractivity contribution < 1.29 is 9.53 Å². The molecule has 0 atom stereocenters. The van der Waals surface area contributed by atoms with Gasteiger partial charge in [0.15, 0.2) is 0 Å². The number of hydrogen-bond donors (Lipinski definition) is 2. The lowest BCUT2D eigenvalue weighted by atomic mass is 9.97. The summed E-state index contributed by atoms with van der Waals surface area (Å²) in [6.07, 6.45) is 0. The van der Waals surface area contributed by atoms with Crippen LogP contribution in [0.1, 0.15) is 20.8 Å². The van der Waals surface area contributed by atoms with E-state index in [4.69, 9.17) is 4.74 Å². The lowest BCUT2D eigenvalue weighted by Gasteiger charge is -2.30. The molecule has 5 heteroatoms. The first-order valence-corrected chi connectivity index (χ1v) is 7.42. The Labute approximate surface area is 126 Å². The Morgan fingerprint density at radius 3 is 2.57 bits per heavy atom. The van der Waals surface area contributed by atoms with Gasteiger partial charge in [-0.15, -0.1) is 0 Å². The summed E-state index contributed by atoms with van der Waals surface area (Å²) in [5.41, 5.74) is 1.96. The molecule has 0 spiro atoms. The number of carbonyl (C=O) groups excluding carboxylic acids is 1. The fourth-order valence-corrected chi connectivity index (χ4v) is 2.17. The van der Waals surface area contributed by atoms with Crippen molar-refractivity contribution >= 4 is 17.4 Å². The number of para-hydroxylation sites is 2. The van der Waals surface area contributed by atoms with Crippen LogP contribution in [-0.4, -0.2) is 38.9 Å². The molecule has 0 aromatic heterocycles. The van der Waals surface area contributed by atoms with E-state index < -0.39 is 0 Å². The van der Waals surface area contributed by atoms with Gasteiger partial charge >= 0.3 is 6.03 Å². The molecule has 0 unspecified atom stereocenters. The van der Waals surface area contributed by atoms with Gasteiger partial charge in [0.2, 0.25) is 0 Å². The summed E-state index contributed by atoms with van der Waals surface area (Å²) >= 11 is 0. The molecule has 2 rings (SSSR count). The fraction of sp³-hybridized carbons (Fsp3) is 0.562. The van der Waals surface area contributed by atoms with Gasteiger partial charge in [-0.25, -0.2) is 4.79 Å². The molecule has 21 heavy (non-hydrogen) atoms. The molecule has 2 amide bonds. The average molecular weight is 291 g/mol. The lowest BCUT2D eigenvalue weighted by molar-refractivity contribution is 0.123. The van der Waals surface area contributed by atoms with Crippen LogP contribution >= 0.6 is 0 Å². The first-order chi connectivity index (χ1) is 9.96. The predicted molar refractivity (Wildman–Crippen MR) is 86.0 cm³/mol. The zero-order valence-corrected chi connectivity index (χ0v) is 13.1. The molecule has 1 aromatic rings. The smallest absolute Gasteiger partial charge is 0.319 e. The number of urea groups is 1. The predicted octanol–water partition coefficient (Wildman–Crippen LogP) is 2.69. The Hall–Kier alpha value is -1.75. The van der Waals surface area contributed by atoms with Gasteiger partial charge in [0.05, 0.1) is 24.6 Å². The van der Waals surface area contributed by atoms with E-state index in [1.807, 2.05) is 24.3 Å². The number of nitrogens with zero attached hydrogens (tertiary/aromatic N) is 1. The molecule has 1 aromatic carbocycles. The molecule has 0 saturated carbocycles. The summed E-state index contributed by atoms with van der Waals surface area (Å²) in [6, 6.07) is 7.73. The second-order valence-corrected chi connectivity index (χ2v) is 6.48. The normalized spacial score (nSPS) is 15.7. The number of morpholine rings is 1. The maximum atomic E-state index is 12.0. The van der Waals surface area contributed by atoms with Gasteiger partial charge in [0.1, 0.15) is 0 Å². The van der Waals surface area contributed by atoms with Gasteiger partial charge in [-0.05, 0) is 17.5 Å². The average Bonchev–Trinajstić information content (AvgIpc) is 2.46. The van der Waals surface area contributed by atoms with E-state index in [0.717, 1.165) is 37.7 Å². The Morgan fingerprint density at radius 2 is 1.90 bits per heavy atom. The second kappa shape index (κ2) is 6.80. The highest BCUT2D eigenvalue weighted by Crippen LogP contribution is 2.26. The highest BCUT2D eigenvalue weighted by atomic mass is 16.5. The number of benzene rings is 1. The number of nitrogens with one attached hydrogen (secondary N) is 2. The van der Waals surface area contributed by atoms with E-state index in [0.29, 0.717) is 6.54 Å². The van der Waals surface area contributed by atoms with Crippen molar-refractivity contribution in [3.8, 4) is 0 Å². The number of carbonyl (C=O) groups is 1. The topological polar surface area (TPSA) is 53.6 Å². The molecule has 1 fully saturated rings. The van der Waals surface area contributed by atoms with Crippen LogP contribution in [0.5, 0.6) is 0 Å². The number of ether oxygens (including phenoxy) is 1. The van der Waals surface area contributed by atoms with Crippen LogP contribution in [-0.2, 0) is 4.74 Å². The minimum Gasteiger partial charge on any atom is -0.378 e. The van der Waals surface area contributed by atoms with E-state index in [1.165, 1.54) is 0 Å². The molecule has 5 nitrogen and oxygen atoms in total. The zero-order valence-electron chi connectivity index (χ0n) is 13.1. The second-order valence-electron chi connectivity index (χ2n) is 6.48. The SMILES string of the molecule is CC(C)(C)CNC(=O)Nc1ccccc1N1CCOCC1. The minimum atomic E-state index is -0.161. The third kappa shape index (κ3) is 4.93. The van der Waals surface area contributed by atoms with Crippen LogP contribution in [0.2, 0.25) is 0 Å². The minimum absolute atomic E-state index is 0.0705. The third-order valence-electron chi connectivity index (χ3n) is 3.28. The van der Waals surface area contributed by atoms with Crippen molar-refractivity contribution in [3.63, 3.8) is 0 Å². The highest BCUT2D eigenvalue weighted by Gasteiger charge is 2.16. The van der Waals surface area contributed by atoms with E-state index in [2.05, 4.69) is 36.3 Å². The summed E-state index contributed by atoms with van der Waals surface area (Å²) in [4.78, 5) is 14.3. The first kappa shape index (κ1) is 15.6. The van der Waals surface area contributed by atoms with E-state index in [9.17, 15) is 4.79 Å². The molecule has 1 aliphatic heterocycles. The number of rotatable bonds is 3. The van der Waals surface area contributed by atoms with Crippen LogP contribution in [0, 0.1) is 5.41 Å². The Morgan fingerprint density at radius 1 is 1.24 bits per heavy atom. The fourth-order valence-electron chi connectivity index (χ4n) is 2.17. The van der Waals surface area contributed by atoms with E-state index in [-0.39, 0.29) is 11.4 Å². The van der Waals surface area contributed by atoms with Crippen LogP contribution in [0.25, 0.3) is 0 Å². The van der Waals surface area contributed by atoms with Crippen molar-refractivity contribution in [1.29, 1.82) is 0 Å². The number of amides is 2. The van der Waals surface area contributed by atoms with Crippen molar-refractivity contribution in [2.45, 2.75) is 20.8 Å². The van der Waals surface area contributed by atoms with Crippen LogP contribution in [0.3, 0.4) is 0 Å². The molecular formula is C16H25N3O2. The monoisotopic (exact) mass is 291 g/mol. The molecule has 0 bridgehead atoms. The molecule has 116 valence electrons. The summed E-state index contributed by atoms with van der Waals surface area (Å²) in [7, 11) is 0. The zero-order chi connectivity index (χ0) is 15.3. The molecule has 0 radical (unpaired) electrons. The van der Waals surface area contributed by atoms with Crippen LogP contribution in [0.4, 0.5) is 16.2 Å². The third-order valence-corrected chi connectivity index (χ3v) is 3.28. The quantitative estimate of drug-likeness (QED) is 0.900. The van der Waals surface area contributed by atoms with Crippen molar-refractivity contribution in [1.82, 2.24) is 5.32 Å². The molecule has 1 aliphatic rings. The molecule has 0 aliphatic carbocycles. The van der Waals surface area contributed by atoms with Gasteiger partial charge < -0.3 is 20.3 Å². The molecule has 1 heterocycles. The molecule has 1 saturated heterocycles. The standard InChI is InChI=1S/C16H25N3O2/c1-16(2,3)12-17-15(20)18-13-6-4-5-7-14(13)19-8-10-21-11-9-19/h4-7H,8-12H2,1-3H3,(H2,17,18,20). The number of anilines is 2. The summed E-state index contributed by atoms with van der Waals surface area (Å²) in [5.74, 6) is 0. The first-order valence-electron chi connectivity index (χ1n) is 7.42. The maximum Gasteiger partial charge on any atom is 0.319 e. The maximum absolute atomic E-state index is 12.0. The van der Waals surface area contributed by atoms with Crippen molar-refractivity contribution in [2.24, 2.45) is 5.41 Å². The Kier molecular flexibility index (Phi) is 5.07. The van der Waals surface area contributed by atoms with Crippen molar-refractivity contribution in [2.75, 3.05) is 43.1 Å². The summed E-state index contributed by atoms with van der Waals surface area (Å²) < 4.78 is 5.38. The summed E-state index contributed by atoms with van der Waals surface area (Å²) in [6.45, 7) is 10.1. The van der Waals surface area contributed by atoms with Crippen LogP contribution in [0.15, 0.2) is 24.3 Å². The molecule has 2 N–H and O–H groups in total. The largest absolute Gasteiger partial charge is 0.378 e. The Balaban J connectivity index is 2.01. The van der Waals surface area contributed by atoms with Gasteiger partial charge in [-0.2, -0.15) is 0 Å². The Bertz CT molecular complexity index is 477. The molecular weight excluding hydrogens is 266 g/mol. The van der Waals surface area contributed by atoms with E-state index >= 15 is 0 Å². The number of hydrogen-bond acceptors (Lipinski definition) is 3. The van der Waals surface area contributed by atoms with Crippen LogP contribution < -0.4 is 15.5 Å². The van der Waals surface area contributed by atoms with Crippen molar-refractivity contribution in [3.05, 3.63) is 24.3 Å². The van der Waals surface area contributed by atoms with Gasteiger partial charge in [-0.3, -0.25) is 0 Å². The van der Waals surface area contributed by atoms with Gasteiger partial charge in [0.25, 0.3) is 0 Å². The lowest BCUT2D eigenvalue weighted by Crippen LogP contribution is -2.38. The van der Waals surface area contributed by atoms with Gasteiger partial charge in [0, 0.05) is 19.6 Å². The summed E-state index contributed by atoms with van der Waals surface area (Å²) in [5, 5.41) is 5.86. The van der Waals surface area contributed by atoms with Gasteiger partial charge in [-0.1, -0.05) is 32.9 Å². The van der Waals surface area contributed by atoms with E-state index in [1.54, 1.807) is 0 Å². The highest BCUT2D eigenvalue weighted by molar-refractivity contribution is 5.93.